The molecule has 0 amide bonds. The predicted molar refractivity (Wildman–Crippen MR) is 82.0 cm³/mol. The fraction of sp³-hybridized carbons (Fsp3) is 0.467. The van der Waals surface area contributed by atoms with Gasteiger partial charge in [0.25, 0.3) is 0 Å². The largest absolute Gasteiger partial charge is 0.366 e. The third-order valence-electron chi connectivity index (χ3n) is 3.54. The molecule has 4 heteroatoms. The van der Waals surface area contributed by atoms with E-state index in [4.69, 9.17) is 11.6 Å². The first-order valence-electron chi connectivity index (χ1n) is 6.84. The first-order chi connectivity index (χ1) is 9.31. The molecule has 0 bridgehead atoms. The van der Waals surface area contributed by atoms with Gasteiger partial charge in [-0.15, -0.1) is 11.6 Å². The number of aromatic nitrogens is 2. The zero-order valence-electron chi connectivity index (χ0n) is 11.5. The molecule has 19 heavy (non-hydrogen) atoms. The van der Waals surface area contributed by atoms with Crippen LogP contribution >= 0.6 is 11.6 Å². The maximum Gasteiger partial charge on any atom is 0.0950 e. The van der Waals surface area contributed by atoms with Crippen LogP contribution in [-0.2, 0) is 0 Å². The van der Waals surface area contributed by atoms with Crippen molar-refractivity contribution in [2.45, 2.75) is 32.7 Å². The number of nitrogens with zero attached hydrogens (tertiary/aromatic N) is 3. The number of rotatable bonds is 6. The lowest BCUT2D eigenvalue weighted by atomic mass is 10.1. The summed E-state index contributed by atoms with van der Waals surface area (Å²) in [6.45, 7) is 5.27. The lowest BCUT2D eigenvalue weighted by Crippen LogP contribution is -2.36. The molecule has 102 valence electrons. The Balaban J connectivity index is 2.49. The molecular formula is C15H20ClN3. The lowest BCUT2D eigenvalue weighted by molar-refractivity contribution is 0.568. The molecule has 2 aromatic rings. The summed E-state index contributed by atoms with van der Waals surface area (Å²) in [7, 11) is 0. The molecule has 0 aliphatic heterocycles. The smallest absolute Gasteiger partial charge is 0.0950 e. The fourth-order valence-electron chi connectivity index (χ4n) is 2.54. The van der Waals surface area contributed by atoms with E-state index in [1.54, 1.807) is 0 Å². The van der Waals surface area contributed by atoms with Crippen molar-refractivity contribution in [1.29, 1.82) is 0 Å². The molecule has 0 aliphatic rings. The monoisotopic (exact) mass is 277 g/mol. The molecule has 3 nitrogen and oxygen atoms in total. The van der Waals surface area contributed by atoms with Gasteiger partial charge in [-0.25, -0.2) is 0 Å². The second-order valence-corrected chi connectivity index (χ2v) is 4.98. The van der Waals surface area contributed by atoms with Gasteiger partial charge >= 0.3 is 0 Å². The highest BCUT2D eigenvalue weighted by atomic mass is 35.5. The van der Waals surface area contributed by atoms with Gasteiger partial charge in [-0.1, -0.05) is 32.0 Å². The van der Waals surface area contributed by atoms with Crippen LogP contribution in [-0.4, -0.2) is 28.7 Å². The van der Waals surface area contributed by atoms with Crippen LogP contribution in [0.25, 0.3) is 10.9 Å². The minimum absolute atomic E-state index is 0.492. The highest BCUT2D eigenvalue weighted by molar-refractivity contribution is 6.18. The summed E-state index contributed by atoms with van der Waals surface area (Å²) in [5.41, 5.74) is 2.07. The van der Waals surface area contributed by atoms with E-state index >= 15 is 0 Å². The maximum absolute atomic E-state index is 5.98. The Morgan fingerprint density at radius 2 is 1.95 bits per heavy atom. The van der Waals surface area contributed by atoms with E-state index in [1.807, 2.05) is 24.4 Å². The van der Waals surface area contributed by atoms with Gasteiger partial charge in [0.1, 0.15) is 0 Å². The van der Waals surface area contributed by atoms with Crippen LogP contribution in [0.1, 0.15) is 26.7 Å². The highest BCUT2D eigenvalue weighted by Gasteiger charge is 2.17. The van der Waals surface area contributed by atoms with Crippen LogP contribution in [0.15, 0.2) is 30.5 Å². The van der Waals surface area contributed by atoms with Crippen molar-refractivity contribution in [3.63, 3.8) is 0 Å². The van der Waals surface area contributed by atoms with Crippen LogP contribution < -0.4 is 4.90 Å². The van der Waals surface area contributed by atoms with Gasteiger partial charge < -0.3 is 4.90 Å². The van der Waals surface area contributed by atoms with Gasteiger partial charge in [-0.2, -0.15) is 10.2 Å². The Morgan fingerprint density at radius 3 is 2.63 bits per heavy atom. The molecule has 0 N–H and O–H groups in total. The fourth-order valence-corrected chi connectivity index (χ4v) is 2.72. The standard InChI is InChI=1S/C15H20ClN3/c1-3-12(4-2)19(10-9-16)15-11-17-18-14-8-6-5-7-13(14)15/h5-8,11-12H,3-4,9-10H2,1-2H3. The van der Waals surface area contributed by atoms with E-state index in [9.17, 15) is 0 Å². The van der Waals surface area contributed by atoms with Crippen LogP contribution in [0.5, 0.6) is 0 Å². The molecule has 1 heterocycles. The first kappa shape index (κ1) is 14.1. The average molecular weight is 278 g/mol. The minimum atomic E-state index is 0.492. The Hall–Kier alpha value is -1.35. The van der Waals surface area contributed by atoms with E-state index < -0.39 is 0 Å². The van der Waals surface area contributed by atoms with E-state index in [0.29, 0.717) is 11.9 Å². The van der Waals surface area contributed by atoms with Crippen LogP contribution in [0.3, 0.4) is 0 Å². The molecule has 2 rings (SSSR count). The SMILES string of the molecule is CCC(CC)N(CCCl)c1cnnc2ccccc12. The maximum atomic E-state index is 5.98. The van der Waals surface area contributed by atoms with Crippen LogP contribution in [0, 0.1) is 0 Å². The summed E-state index contributed by atoms with van der Waals surface area (Å²) >= 11 is 5.98. The van der Waals surface area contributed by atoms with Gasteiger partial charge in [0.2, 0.25) is 0 Å². The van der Waals surface area contributed by atoms with Crippen molar-refractivity contribution in [1.82, 2.24) is 10.2 Å². The zero-order chi connectivity index (χ0) is 13.7. The van der Waals surface area contributed by atoms with Crippen LogP contribution in [0.2, 0.25) is 0 Å². The summed E-state index contributed by atoms with van der Waals surface area (Å²) < 4.78 is 0. The Labute approximate surface area is 119 Å². The quantitative estimate of drug-likeness (QED) is 0.751. The molecule has 0 unspecified atom stereocenters. The normalized spacial score (nSPS) is 11.2. The third-order valence-corrected chi connectivity index (χ3v) is 3.71. The van der Waals surface area contributed by atoms with Crippen molar-refractivity contribution in [2.75, 3.05) is 17.3 Å². The Morgan fingerprint density at radius 1 is 1.21 bits per heavy atom. The van der Waals surface area contributed by atoms with E-state index in [1.165, 1.54) is 0 Å². The molecule has 0 saturated carbocycles. The second-order valence-electron chi connectivity index (χ2n) is 4.60. The molecule has 1 aromatic heterocycles. The van der Waals surface area contributed by atoms with Gasteiger partial charge in [0, 0.05) is 23.9 Å². The summed E-state index contributed by atoms with van der Waals surface area (Å²) in [6.07, 6.45) is 4.06. The Kier molecular flexibility index (Phi) is 4.97. The van der Waals surface area contributed by atoms with E-state index in [-0.39, 0.29) is 0 Å². The van der Waals surface area contributed by atoms with Crippen molar-refractivity contribution in [2.24, 2.45) is 0 Å². The van der Waals surface area contributed by atoms with Gasteiger partial charge in [-0.05, 0) is 18.9 Å². The molecule has 0 saturated heterocycles. The summed E-state index contributed by atoms with van der Waals surface area (Å²) in [4.78, 5) is 2.37. The zero-order valence-corrected chi connectivity index (χ0v) is 12.3. The molecule has 0 aliphatic carbocycles. The predicted octanol–water partition coefficient (Wildman–Crippen LogP) is 3.86. The number of alkyl halides is 1. The number of anilines is 1. The number of fused-ring (bicyclic) bond motifs is 1. The molecule has 1 aromatic carbocycles. The number of hydrogen-bond donors (Lipinski definition) is 0. The summed E-state index contributed by atoms with van der Waals surface area (Å²) in [5, 5.41) is 9.47. The van der Waals surface area contributed by atoms with Gasteiger partial charge in [0.05, 0.1) is 17.4 Å². The number of halogens is 1. The highest BCUT2D eigenvalue weighted by Crippen LogP contribution is 2.27. The lowest BCUT2D eigenvalue weighted by Gasteiger charge is -2.32. The molecule has 0 atom stereocenters. The van der Waals surface area contributed by atoms with Gasteiger partial charge in [-0.3, -0.25) is 0 Å². The number of hydrogen-bond acceptors (Lipinski definition) is 3. The van der Waals surface area contributed by atoms with Crippen LogP contribution in [0.4, 0.5) is 5.69 Å². The van der Waals surface area contributed by atoms with Crippen molar-refractivity contribution in [3.8, 4) is 0 Å². The van der Waals surface area contributed by atoms with Crippen molar-refractivity contribution in [3.05, 3.63) is 30.5 Å². The molecule has 0 fully saturated rings. The molecule has 0 spiro atoms. The third kappa shape index (κ3) is 2.98. The van der Waals surface area contributed by atoms with Crippen molar-refractivity contribution >= 4 is 28.2 Å². The van der Waals surface area contributed by atoms with E-state index in [0.717, 1.165) is 36.0 Å². The molecular weight excluding hydrogens is 258 g/mol. The topological polar surface area (TPSA) is 29.0 Å². The van der Waals surface area contributed by atoms with Gasteiger partial charge in [0.15, 0.2) is 0 Å². The summed E-state index contributed by atoms with van der Waals surface area (Å²) in [5.74, 6) is 0.618. The van der Waals surface area contributed by atoms with E-state index in [2.05, 4.69) is 35.0 Å². The average Bonchev–Trinajstić information content (AvgIpc) is 2.47. The van der Waals surface area contributed by atoms with Crippen molar-refractivity contribution < 1.29 is 0 Å². The minimum Gasteiger partial charge on any atom is -0.366 e. The molecule has 0 radical (unpaired) electrons. The Bertz CT molecular complexity index is 520. The second kappa shape index (κ2) is 6.71. The first-order valence-corrected chi connectivity index (χ1v) is 7.38. The number of benzene rings is 1. The summed E-state index contributed by atoms with van der Waals surface area (Å²) in [6, 6.07) is 8.62.